The normalized spacial score (nSPS) is 18.4. The van der Waals surface area contributed by atoms with Crippen LogP contribution < -0.4 is 15.0 Å². The number of nitrogens with one attached hydrogen (secondary N) is 1. The Morgan fingerprint density at radius 1 is 1.07 bits per heavy atom. The van der Waals surface area contributed by atoms with E-state index < -0.39 is 6.10 Å². The van der Waals surface area contributed by atoms with Gasteiger partial charge in [-0.05, 0) is 30.3 Å². The smallest absolute Gasteiger partial charge is 0.265 e. The Labute approximate surface area is 184 Å². The fourth-order valence-electron chi connectivity index (χ4n) is 3.52. The molecule has 0 radical (unpaired) electrons. The molecule has 7 nitrogen and oxygen atoms in total. The largest absolute Gasteiger partial charge is 0.477 e. The van der Waals surface area contributed by atoms with Crippen molar-refractivity contribution < 1.29 is 19.1 Å². The van der Waals surface area contributed by atoms with Gasteiger partial charge in [0.25, 0.3) is 5.91 Å². The Hall–Kier alpha value is -2.48. The number of benzene rings is 2. The van der Waals surface area contributed by atoms with E-state index in [1.54, 1.807) is 29.2 Å². The average Bonchev–Trinajstić information content (AvgIpc) is 2.76. The first-order valence-electron chi connectivity index (χ1n) is 9.63. The van der Waals surface area contributed by atoms with Crippen LogP contribution in [0.5, 0.6) is 5.75 Å². The summed E-state index contributed by atoms with van der Waals surface area (Å²) in [5.74, 6) is 0.253. The molecule has 2 amide bonds. The number of nitrogens with zero attached hydrogens (tertiary/aromatic N) is 2. The van der Waals surface area contributed by atoms with Gasteiger partial charge in [-0.2, -0.15) is 0 Å². The fraction of sp³-hybridized carbons (Fsp3) is 0.333. The molecule has 9 heteroatoms. The van der Waals surface area contributed by atoms with Crippen LogP contribution in [0.2, 0.25) is 10.0 Å². The highest BCUT2D eigenvalue weighted by Crippen LogP contribution is 2.33. The molecule has 4 rings (SSSR count). The van der Waals surface area contributed by atoms with E-state index in [1.165, 1.54) is 0 Å². The topological polar surface area (TPSA) is 71.1 Å². The lowest BCUT2D eigenvalue weighted by Crippen LogP contribution is -2.53. The van der Waals surface area contributed by atoms with Crippen LogP contribution in [-0.2, 0) is 14.3 Å². The van der Waals surface area contributed by atoms with Gasteiger partial charge in [0.2, 0.25) is 5.91 Å². The van der Waals surface area contributed by atoms with Gasteiger partial charge in [-0.3, -0.25) is 9.59 Å². The predicted octanol–water partition coefficient (Wildman–Crippen LogP) is 3.06. The summed E-state index contributed by atoms with van der Waals surface area (Å²) in [4.78, 5) is 29.2. The van der Waals surface area contributed by atoms with Crippen molar-refractivity contribution in [2.24, 2.45) is 0 Å². The first-order chi connectivity index (χ1) is 14.5. The third-order valence-corrected chi connectivity index (χ3v) is 5.74. The number of hydrogen-bond donors (Lipinski definition) is 1. The number of morpholine rings is 1. The molecule has 2 aromatic rings. The minimum Gasteiger partial charge on any atom is -0.477 e. The molecule has 2 aromatic carbocycles. The molecule has 158 valence electrons. The summed E-state index contributed by atoms with van der Waals surface area (Å²) in [5.41, 5.74) is 1.32. The maximum absolute atomic E-state index is 12.9. The molecule has 1 atom stereocenters. The van der Waals surface area contributed by atoms with Gasteiger partial charge in [0.15, 0.2) is 6.10 Å². The number of rotatable bonds is 4. The molecule has 30 heavy (non-hydrogen) atoms. The molecule has 0 bridgehead atoms. The molecule has 0 aromatic heterocycles. The lowest BCUT2D eigenvalue weighted by molar-refractivity contribution is -0.142. The van der Waals surface area contributed by atoms with Crippen LogP contribution in [0.1, 0.15) is 0 Å². The maximum atomic E-state index is 12.9. The first kappa shape index (κ1) is 20.8. The molecule has 2 aliphatic rings. The number of anilines is 2. The second-order valence-corrected chi connectivity index (χ2v) is 7.88. The summed E-state index contributed by atoms with van der Waals surface area (Å²) in [6, 6.07) is 12.3. The zero-order valence-electron chi connectivity index (χ0n) is 16.1. The Kier molecular flexibility index (Phi) is 6.32. The Balaban J connectivity index is 1.48. The summed E-state index contributed by atoms with van der Waals surface area (Å²) in [7, 11) is 0. The predicted molar refractivity (Wildman–Crippen MR) is 116 cm³/mol. The highest BCUT2D eigenvalue weighted by Gasteiger charge is 2.34. The monoisotopic (exact) mass is 449 g/mol. The van der Waals surface area contributed by atoms with Gasteiger partial charge in [0.1, 0.15) is 5.75 Å². The average molecular weight is 450 g/mol. The minimum absolute atomic E-state index is 0.0630. The van der Waals surface area contributed by atoms with Gasteiger partial charge in [0, 0.05) is 18.8 Å². The zero-order chi connectivity index (χ0) is 21.1. The Morgan fingerprint density at radius 3 is 2.60 bits per heavy atom. The standard InChI is InChI=1S/C21H21Cl2N3O4/c22-15-6-5-14(11-16(15)23)24-20(27)13-26-12-19(21(28)25-7-9-29-10-8-25)30-18-4-2-1-3-17(18)26/h1-6,11,19H,7-10,12-13H2,(H,24,27)/t19-/m0/s1. The van der Waals surface area contributed by atoms with Crippen LogP contribution in [0.15, 0.2) is 42.5 Å². The number of halogens is 2. The third-order valence-electron chi connectivity index (χ3n) is 5.00. The van der Waals surface area contributed by atoms with Gasteiger partial charge >= 0.3 is 0 Å². The summed E-state index contributed by atoms with van der Waals surface area (Å²) in [6.45, 7) is 2.46. The second-order valence-electron chi connectivity index (χ2n) is 7.07. The van der Waals surface area contributed by atoms with E-state index in [9.17, 15) is 9.59 Å². The van der Waals surface area contributed by atoms with Gasteiger partial charge in [-0.1, -0.05) is 35.3 Å². The van der Waals surface area contributed by atoms with Crippen molar-refractivity contribution in [3.8, 4) is 5.75 Å². The van der Waals surface area contributed by atoms with E-state index in [0.29, 0.717) is 47.8 Å². The maximum Gasteiger partial charge on any atom is 0.265 e. The van der Waals surface area contributed by atoms with Crippen molar-refractivity contribution >= 4 is 46.4 Å². The summed E-state index contributed by atoms with van der Waals surface area (Å²) in [5, 5.41) is 3.60. The van der Waals surface area contributed by atoms with Crippen LogP contribution >= 0.6 is 23.2 Å². The number of ether oxygens (including phenoxy) is 2. The van der Waals surface area contributed by atoms with Gasteiger partial charge in [0.05, 0.1) is 42.0 Å². The fourth-order valence-corrected chi connectivity index (χ4v) is 3.82. The summed E-state index contributed by atoms with van der Waals surface area (Å²) >= 11 is 12.0. The molecule has 1 saturated heterocycles. The number of amides is 2. The van der Waals surface area contributed by atoms with Crippen molar-refractivity contribution in [1.82, 2.24) is 4.90 Å². The third kappa shape index (κ3) is 4.64. The van der Waals surface area contributed by atoms with E-state index in [2.05, 4.69) is 5.32 Å². The molecular formula is C21H21Cl2N3O4. The summed E-state index contributed by atoms with van der Waals surface area (Å²) in [6.07, 6.45) is -0.684. The molecule has 1 N–H and O–H groups in total. The molecule has 1 fully saturated rings. The Bertz CT molecular complexity index is 950. The summed E-state index contributed by atoms with van der Waals surface area (Å²) < 4.78 is 11.3. The number of fused-ring (bicyclic) bond motifs is 1. The molecular weight excluding hydrogens is 429 g/mol. The first-order valence-corrected chi connectivity index (χ1v) is 10.4. The lowest BCUT2D eigenvalue weighted by Gasteiger charge is -2.38. The van der Waals surface area contributed by atoms with Gasteiger partial charge < -0.3 is 24.6 Å². The number of carbonyl (C=O) groups excluding carboxylic acids is 2. The number of hydrogen-bond acceptors (Lipinski definition) is 5. The van der Waals surface area contributed by atoms with Crippen LogP contribution in [0, 0.1) is 0 Å². The van der Waals surface area contributed by atoms with E-state index in [1.807, 2.05) is 23.1 Å². The molecule has 2 aliphatic heterocycles. The SMILES string of the molecule is O=C(CN1C[C@@H](C(=O)N2CCOCC2)Oc2ccccc21)Nc1ccc(Cl)c(Cl)c1. The van der Waals surface area contributed by atoms with Crippen molar-refractivity contribution in [2.75, 3.05) is 49.6 Å². The molecule has 0 spiro atoms. The van der Waals surface area contributed by atoms with Gasteiger partial charge in [-0.15, -0.1) is 0 Å². The van der Waals surface area contributed by atoms with Gasteiger partial charge in [-0.25, -0.2) is 0 Å². The molecule has 2 heterocycles. The Morgan fingerprint density at radius 2 is 1.83 bits per heavy atom. The van der Waals surface area contributed by atoms with Crippen LogP contribution in [-0.4, -0.2) is 62.2 Å². The van der Waals surface area contributed by atoms with Crippen molar-refractivity contribution in [3.05, 3.63) is 52.5 Å². The van der Waals surface area contributed by atoms with E-state index >= 15 is 0 Å². The lowest BCUT2D eigenvalue weighted by atomic mass is 10.1. The minimum atomic E-state index is -0.684. The highest BCUT2D eigenvalue weighted by molar-refractivity contribution is 6.42. The highest BCUT2D eigenvalue weighted by atomic mass is 35.5. The van der Waals surface area contributed by atoms with Crippen molar-refractivity contribution in [3.63, 3.8) is 0 Å². The van der Waals surface area contributed by atoms with Crippen LogP contribution in [0.3, 0.4) is 0 Å². The van der Waals surface area contributed by atoms with E-state index in [0.717, 1.165) is 5.69 Å². The number of para-hydroxylation sites is 2. The van der Waals surface area contributed by atoms with E-state index in [4.69, 9.17) is 32.7 Å². The second kappa shape index (κ2) is 9.12. The molecule has 0 aliphatic carbocycles. The van der Waals surface area contributed by atoms with Crippen LogP contribution in [0.25, 0.3) is 0 Å². The van der Waals surface area contributed by atoms with Crippen LogP contribution in [0.4, 0.5) is 11.4 Å². The van der Waals surface area contributed by atoms with Crippen molar-refractivity contribution in [2.45, 2.75) is 6.10 Å². The number of carbonyl (C=O) groups is 2. The molecule has 0 saturated carbocycles. The quantitative estimate of drug-likeness (QED) is 0.776. The zero-order valence-corrected chi connectivity index (χ0v) is 17.7. The van der Waals surface area contributed by atoms with E-state index in [-0.39, 0.29) is 24.9 Å². The van der Waals surface area contributed by atoms with Crippen molar-refractivity contribution in [1.29, 1.82) is 0 Å². The molecule has 0 unspecified atom stereocenters.